The summed E-state index contributed by atoms with van der Waals surface area (Å²) in [5, 5.41) is 3.28. The number of carbonyl (C=O) groups excluding carboxylic acids is 2. The fourth-order valence-corrected chi connectivity index (χ4v) is 4.59. The van der Waals surface area contributed by atoms with Crippen LogP contribution in [-0.2, 0) is 39.2 Å². The van der Waals surface area contributed by atoms with E-state index in [9.17, 15) is 22.4 Å². The maximum absolute atomic E-state index is 13.5. The second-order valence-corrected chi connectivity index (χ2v) is 11.0. The molecule has 3 aromatic rings. The van der Waals surface area contributed by atoms with E-state index in [2.05, 4.69) is 5.32 Å². The van der Waals surface area contributed by atoms with E-state index in [1.165, 1.54) is 29.2 Å². The minimum Gasteiger partial charge on any atom is -0.350 e. The van der Waals surface area contributed by atoms with E-state index in [-0.39, 0.29) is 19.6 Å². The summed E-state index contributed by atoms with van der Waals surface area (Å²) in [7, 11) is -3.75. The molecular weight excluding hydrogens is 517 g/mol. The highest BCUT2D eigenvalue weighted by Crippen LogP contribution is 2.16. The Morgan fingerprint density at radius 2 is 1.51 bits per heavy atom. The van der Waals surface area contributed by atoms with Crippen molar-refractivity contribution in [1.29, 1.82) is 0 Å². The number of nitrogens with one attached hydrogen (secondary N) is 1. The van der Waals surface area contributed by atoms with Crippen molar-refractivity contribution in [3.05, 3.63) is 106 Å². The number of benzene rings is 3. The van der Waals surface area contributed by atoms with Crippen LogP contribution in [0.3, 0.4) is 0 Å². The Balaban J connectivity index is 1.81. The van der Waals surface area contributed by atoms with Gasteiger partial charge < -0.3 is 10.2 Å². The SMILES string of the molecule is C[C@@H](C(=O)NCc1ccccc1Cl)N(Cc1ccc(F)cc1)C(=O)CN(Cc1ccccc1)S(C)(=O)=O. The molecule has 7 nitrogen and oxygen atoms in total. The largest absolute Gasteiger partial charge is 0.350 e. The van der Waals surface area contributed by atoms with Gasteiger partial charge in [-0.3, -0.25) is 9.59 Å². The number of amides is 2. The second-order valence-electron chi connectivity index (χ2n) is 8.65. The predicted octanol–water partition coefficient (Wildman–Crippen LogP) is 3.97. The third-order valence-electron chi connectivity index (χ3n) is 5.83. The molecule has 0 bridgehead atoms. The Hall–Kier alpha value is -3.27. The molecule has 0 aliphatic carbocycles. The lowest BCUT2D eigenvalue weighted by Crippen LogP contribution is -2.50. The van der Waals surface area contributed by atoms with Crippen LogP contribution in [0.15, 0.2) is 78.9 Å². The number of halogens is 2. The molecule has 196 valence electrons. The summed E-state index contributed by atoms with van der Waals surface area (Å²) in [4.78, 5) is 27.8. The van der Waals surface area contributed by atoms with Gasteiger partial charge in [0.1, 0.15) is 11.9 Å². The molecule has 3 aromatic carbocycles. The van der Waals surface area contributed by atoms with Crippen LogP contribution in [0.4, 0.5) is 4.39 Å². The summed E-state index contributed by atoms with van der Waals surface area (Å²) >= 11 is 6.18. The zero-order valence-corrected chi connectivity index (χ0v) is 22.2. The van der Waals surface area contributed by atoms with Crippen molar-refractivity contribution in [3.63, 3.8) is 0 Å². The van der Waals surface area contributed by atoms with Gasteiger partial charge in [0.05, 0.1) is 12.8 Å². The van der Waals surface area contributed by atoms with Crippen LogP contribution in [0.2, 0.25) is 5.02 Å². The highest BCUT2D eigenvalue weighted by Gasteiger charge is 2.30. The number of hydrogen-bond acceptors (Lipinski definition) is 4. The molecule has 0 saturated heterocycles. The third-order valence-corrected chi connectivity index (χ3v) is 7.39. The first-order valence-corrected chi connectivity index (χ1v) is 13.8. The summed E-state index contributed by atoms with van der Waals surface area (Å²) in [6.45, 7) is 1.25. The average Bonchev–Trinajstić information content (AvgIpc) is 2.87. The standard InChI is InChI=1S/C27H29ClFN3O4S/c1-20(27(34)30-16-23-10-6-7-11-25(23)28)32(18-22-12-14-24(29)15-13-22)26(33)19-31(37(2,35)36)17-21-8-4-3-5-9-21/h3-15,20H,16-19H2,1-2H3,(H,30,34)/t20-/m0/s1. The van der Waals surface area contributed by atoms with Crippen molar-refractivity contribution in [2.75, 3.05) is 12.8 Å². The summed E-state index contributed by atoms with van der Waals surface area (Å²) in [5.74, 6) is -1.44. The van der Waals surface area contributed by atoms with Crippen molar-refractivity contribution < 1.29 is 22.4 Å². The first-order valence-electron chi connectivity index (χ1n) is 11.6. The molecule has 0 aliphatic rings. The van der Waals surface area contributed by atoms with E-state index < -0.39 is 40.2 Å². The van der Waals surface area contributed by atoms with Gasteiger partial charge in [0.2, 0.25) is 21.8 Å². The van der Waals surface area contributed by atoms with Gasteiger partial charge in [-0.05, 0) is 41.8 Å². The predicted molar refractivity (Wildman–Crippen MR) is 141 cm³/mol. The first-order chi connectivity index (χ1) is 17.5. The molecule has 0 aromatic heterocycles. The van der Waals surface area contributed by atoms with Crippen molar-refractivity contribution in [2.45, 2.75) is 32.6 Å². The fraction of sp³-hybridized carbons (Fsp3) is 0.259. The minimum absolute atomic E-state index is 0.00286. The zero-order valence-electron chi connectivity index (χ0n) is 20.6. The molecule has 0 spiro atoms. The Morgan fingerprint density at radius 1 is 0.919 bits per heavy atom. The molecule has 37 heavy (non-hydrogen) atoms. The highest BCUT2D eigenvalue weighted by atomic mass is 35.5. The molecular formula is C27H29ClFN3O4S. The van der Waals surface area contributed by atoms with E-state index in [0.29, 0.717) is 16.1 Å². The van der Waals surface area contributed by atoms with Crippen LogP contribution in [0.5, 0.6) is 0 Å². The monoisotopic (exact) mass is 545 g/mol. The molecule has 1 atom stereocenters. The van der Waals surface area contributed by atoms with Crippen molar-refractivity contribution >= 4 is 33.4 Å². The van der Waals surface area contributed by atoms with Crippen molar-refractivity contribution in [3.8, 4) is 0 Å². The maximum Gasteiger partial charge on any atom is 0.242 e. The van der Waals surface area contributed by atoms with E-state index in [0.717, 1.165) is 16.1 Å². The number of nitrogens with zero attached hydrogens (tertiary/aromatic N) is 2. The number of carbonyl (C=O) groups is 2. The molecule has 1 N–H and O–H groups in total. The lowest BCUT2D eigenvalue weighted by Gasteiger charge is -2.31. The molecule has 0 fully saturated rings. The highest BCUT2D eigenvalue weighted by molar-refractivity contribution is 7.88. The average molecular weight is 546 g/mol. The van der Waals surface area contributed by atoms with Crippen LogP contribution < -0.4 is 5.32 Å². The Bertz CT molecular complexity index is 1320. The van der Waals surface area contributed by atoms with Crippen LogP contribution in [0, 0.1) is 5.82 Å². The zero-order chi connectivity index (χ0) is 27.0. The lowest BCUT2D eigenvalue weighted by molar-refractivity contribution is -0.140. The molecule has 10 heteroatoms. The summed E-state index contributed by atoms with van der Waals surface area (Å²) in [5.41, 5.74) is 2.03. The third kappa shape index (κ3) is 8.38. The molecule has 3 rings (SSSR count). The van der Waals surface area contributed by atoms with E-state index >= 15 is 0 Å². The van der Waals surface area contributed by atoms with Gasteiger partial charge in [-0.2, -0.15) is 4.31 Å². The van der Waals surface area contributed by atoms with Gasteiger partial charge in [-0.25, -0.2) is 12.8 Å². The topological polar surface area (TPSA) is 86.8 Å². The Kier molecular flexibility index (Phi) is 9.79. The molecule has 2 amide bonds. The van der Waals surface area contributed by atoms with Gasteiger partial charge in [0, 0.05) is 24.7 Å². The quantitative estimate of drug-likeness (QED) is 0.395. The maximum atomic E-state index is 13.5. The Morgan fingerprint density at radius 3 is 2.14 bits per heavy atom. The van der Waals surface area contributed by atoms with E-state index in [1.807, 2.05) is 6.07 Å². The van der Waals surface area contributed by atoms with Gasteiger partial charge in [0.25, 0.3) is 0 Å². The lowest BCUT2D eigenvalue weighted by atomic mass is 10.1. The molecule has 0 aliphatic heterocycles. The molecule has 0 radical (unpaired) electrons. The number of sulfonamides is 1. The fourth-order valence-electron chi connectivity index (χ4n) is 3.66. The van der Waals surface area contributed by atoms with Crippen LogP contribution in [-0.4, -0.2) is 48.3 Å². The Labute approximate surface area is 221 Å². The minimum atomic E-state index is -3.75. The first kappa shape index (κ1) is 28.3. The molecule has 0 unspecified atom stereocenters. The van der Waals surface area contributed by atoms with Crippen molar-refractivity contribution in [2.24, 2.45) is 0 Å². The smallest absolute Gasteiger partial charge is 0.242 e. The van der Waals surface area contributed by atoms with Gasteiger partial charge in [-0.1, -0.05) is 72.3 Å². The van der Waals surface area contributed by atoms with Crippen LogP contribution >= 0.6 is 11.6 Å². The van der Waals surface area contributed by atoms with Crippen LogP contribution in [0.1, 0.15) is 23.6 Å². The van der Waals surface area contributed by atoms with Crippen LogP contribution in [0.25, 0.3) is 0 Å². The second kappa shape index (κ2) is 12.8. The normalized spacial score (nSPS) is 12.2. The van der Waals surface area contributed by atoms with Gasteiger partial charge >= 0.3 is 0 Å². The summed E-state index contributed by atoms with van der Waals surface area (Å²) < 4.78 is 39.5. The van der Waals surface area contributed by atoms with E-state index in [1.54, 1.807) is 55.5 Å². The van der Waals surface area contributed by atoms with E-state index in [4.69, 9.17) is 11.6 Å². The van der Waals surface area contributed by atoms with Gasteiger partial charge in [0.15, 0.2) is 0 Å². The number of rotatable bonds is 11. The van der Waals surface area contributed by atoms with Gasteiger partial charge in [-0.15, -0.1) is 0 Å². The number of hydrogen-bond donors (Lipinski definition) is 1. The summed E-state index contributed by atoms with van der Waals surface area (Å²) in [6.07, 6.45) is 1.03. The van der Waals surface area contributed by atoms with Crippen molar-refractivity contribution in [1.82, 2.24) is 14.5 Å². The summed E-state index contributed by atoms with van der Waals surface area (Å²) in [6, 6.07) is 20.6. The molecule has 0 saturated carbocycles. The molecule has 0 heterocycles.